The number of nitrogens with one attached hydrogen (secondary N) is 1. The van der Waals surface area contributed by atoms with Gasteiger partial charge in [0.1, 0.15) is 5.82 Å². The van der Waals surface area contributed by atoms with Crippen molar-refractivity contribution in [1.29, 1.82) is 0 Å². The van der Waals surface area contributed by atoms with Gasteiger partial charge >= 0.3 is 6.03 Å². The zero-order chi connectivity index (χ0) is 30.1. The number of carbonyl (C=O) groups is 2. The summed E-state index contributed by atoms with van der Waals surface area (Å²) in [5, 5.41) is 2.94. The molecule has 1 fully saturated rings. The minimum atomic E-state index is -3.89. The lowest BCUT2D eigenvalue weighted by molar-refractivity contribution is -0.135. The summed E-state index contributed by atoms with van der Waals surface area (Å²) in [6, 6.07) is 21.4. The molecule has 0 saturated carbocycles. The summed E-state index contributed by atoms with van der Waals surface area (Å²) >= 11 is 0. The topological polar surface area (TPSA) is 90.0 Å². The fraction of sp³-hybridized carbons (Fsp3) is 0.375. The van der Waals surface area contributed by atoms with Gasteiger partial charge in [-0.25, -0.2) is 17.6 Å². The van der Waals surface area contributed by atoms with Crippen LogP contribution >= 0.6 is 0 Å². The predicted molar refractivity (Wildman–Crippen MR) is 162 cm³/mol. The summed E-state index contributed by atoms with van der Waals surface area (Å²) in [5.41, 5.74) is 2.52. The van der Waals surface area contributed by atoms with E-state index in [4.69, 9.17) is 0 Å². The molecule has 224 valence electrons. The second-order valence-electron chi connectivity index (χ2n) is 10.5. The van der Waals surface area contributed by atoms with Crippen molar-refractivity contribution in [3.63, 3.8) is 0 Å². The van der Waals surface area contributed by atoms with Crippen molar-refractivity contribution in [2.45, 2.75) is 57.0 Å². The first kappa shape index (κ1) is 31.2. The first-order valence-electron chi connectivity index (χ1n) is 14.4. The molecule has 1 aliphatic heterocycles. The molecule has 3 aromatic carbocycles. The molecule has 0 unspecified atom stereocenters. The predicted octanol–water partition coefficient (Wildman–Crippen LogP) is 5.51. The van der Waals surface area contributed by atoms with Crippen LogP contribution in [0.15, 0.2) is 83.8 Å². The summed E-state index contributed by atoms with van der Waals surface area (Å²) in [6.07, 6.45) is 2.49. The molecule has 1 N–H and O–H groups in total. The number of hydrogen-bond acceptors (Lipinski definition) is 4. The molecular formula is C32H39FN4O4S. The molecule has 0 spiro atoms. The number of benzene rings is 3. The highest BCUT2D eigenvalue weighted by Crippen LogP contribution is 2.23. The molecule has 1 saturated heterocycles. The number of likely N-dealkylation sites (tertiary alicyclic amines) is 1. The largest absolute Gasteiger partial charge is 0.334 e. The number of aryl methyl sites for hydroxylation is 1. The minimum absolute atomic E-state index is 0.131. The highest BCUT2D eigenvalue weighted by Gasteiger charge is 2.33. The summed E-state index contributed by atoms with van der Waals surface area (Å²) in [7, 11) is -3.89. The van der Waals surface area contributed by atoms with Crippen LogP contribution in [0.1, 0.15) is 44.2 Å². The van der Waals surface area contributed by atoms with Gasteiger partial charge in [-0.3, -0.25) is 4.79 Å². The fourth-order valence-corrected chi connectivity index (χ4v) is 6.68. The molecule has 0 radical (unpaired) electrons. The van der Waals surface area contributed by atoms with E-state index in [1.54, 1.807) is 40.1 Å². The number of halogens is 1. The Kier molecular flexibility index (Phi) is 10.7. The third kappa shape index (κ3) is 7.95. The Morgan fingerprint density at radius 1 is 0.929 bits per heavy atom. The number of urea groups is 1. The van der Waals surface area contributed by atoms with E-state index >= 15 is 0 Å². The average Bonchev–Trinajstić information content (AvgIpc) is 3.00. The van der Waals surface area contributed by atoms with Gasteiger partial charge < -0.3 is 15.1 Å². The summed E-state index contributed by atoms with van der Waals surface area (Å²) < 4.78 is 42.1. The van der Waals surface area contributed by atoms with Crippen LogP contribution in [0.3, 0.4) is 0 Å². The maximum atomic E-state index is 14.0. The normalized spacial score (nSPS) is 14.1. The van der Waals surface area contributed by atoms with Crippen molar-refractivity contribution in [3.8, 4) is 0 Å². The molecule has 0 atom stereocenters. The number of hydrogen-bond donors (Lipinski definition) is 1. The van der Waals surface area contributed by atoms with Gasteiger partial charge in [-0.1, -0.05) is 56.3 Å². The Bertz CT molecular complexity index is 1440. The van der Waals surface area contributed by atoms with Gasteiger partial charge in [-0.2, -0.15) is 4.31 Å². The van der Waals surface area contributed by atoms with Crippen molar-refractivity contribution >= 4 is 27.6 Å². The summed E-state index contributed by atoms with van der Waals surface area (Å²) in [5.74, 6) is -0.760. The number of amides is 3. The average molecular weight is 595 g/mol. The van der Waals surface area contributed by atoms with Crippen molar-refractivity contribution in [3.05, 3.63) is 95.8 Å². The first-order chi connectivity index (χ1) is 20.2. The Labute approximate surface area is 248 Å². The molecular weight excluding hydrogens is 555 g/mol. The third-order valence-corrected chi connectivity index (χ3v) is 9.39. The number of carbonyl (C=O) groups excluding carboxylic acids is 2. The molecule has 0 aromatic heterocycles. The molecule has 8 nitrogen and oxygen atoms in total. The smallest absolute Gasteiger partial charge is 0.321 e. The van der Waals surface area contributed by atoms with Crippen LogP contribution in [0, 0.1) is 5.82 Å². The van der Waals surface area contributed by atoms with Crippen molar-refractivity contribution < 1.29 is 22.4 Å². The highest BCUT2D eigenvalue weighted by atomic mass is 32.2. The van der Waals surface area contributed by atoms with E-state index in [0.29, 0.717) is 37.9 Å². The Morgan fingerprint density at radius 3 is 2.24 bits per heavy atom. The molecule has 1 aliphatic rings. The molecule has 42 heavy (non-hydrogen) atoms. The molecule has 0 aliphatic carbocycles. The SMILES string of the molecule is CCCN(CC(=O)N(Cc1cccc(F)c1)C1CCN(C(=O)Nc2ccc(CC)cc2)CC1)S(=O)(=O)c1ccccc1. The van der Waals surface area contributed by atoms with Gasteiger partial charge in [0, 0.05) is 37.9 Å². The van der Waals surface area contributed by atoms with E-state index in [2.05, 4.69) is 12.2 Å². The molecule has 3 aromatic rings. The standard InChI is InChI=1S/C32H39FN4O4S/c1-3-19-36(42(40,41)30-11-6-5-7-12-30)24-31(38)37(23-26-9-8-10-27(33)22-26)29-17-20-35(21-18-29)32(39)34-28-15-13-25(4-2)14-16-28/h5-16,22,29H,3-4,17-21,23-24H2,1-2H3,(H,34,39). The van der Waals surface area contributed by atoms with E-state index < -0.39 is 15.8 Å². The molecule has 0 bridgehead atoms. The number of piperidine rings is 1. The third-order valence-electron chi connectivity index (χ3n) is 7.53. The molecule has 1 heterocycles. The van der Waals surface area contributed by atoms with Crippen LogP contribution < -0.4 is 5.32 Å². The van der Waals surface area contributed by atoms with Crippen molar-refractivity contribution in [1.82, 2.24) is 14.1 Å². The van der Waals surface area contributed by atoms with Crippen LogP contribution in [0.4, 0.5) is 14.9 Å². The lowest BCUT2D eigenvalue weighted by atomic mass is 10.0. The Hall–Kier alpha value is -3.76. The second kappa shape index (κ2) is 14.4. The van der Waals surface area contributed by atoms with Crippen molar-refractivity contribution in [2.24, 2.45) is 0 Å². The number of anilines is 1. The fourth-order valence-electron chi connectivity index (χ4n) is 5.18. The minimum Gasteiger partial charge on any atom is -0.334 e. The van der Waals surface area contributed by atoms with Crippen LogP contribution in [0.25, 0.3) is 0 Å². The van der Waals surface area contributed by atoms with Gasteiger partial charge in [0.15, 0.2) is 0 Å². The van der Waals surface area contributed by atoms with Gasteiger partial charge in [0.2, 0.25) is 15.9 Å². The van der Waals surface area contributed by atoms with Gasteiger partial charge in [-0.15, -0.1) is 0 Å². The van der Waals surface area contributed by atoms with E-state index in [-0.39, 0.29) is 42.5 Å². The highest BCUT2D eigenvalue weighted by molar-refractivity contribution is 7.89. The zero-order valence-corrected chi connectivity index (χ0v) is 25.0. The van der Waals surface area contributed by atoms with Crippen molar-refractivity contribution in [2.75, 3.05) is 31.5 Å². The van der Waals surface area contributed by atoms with Crippen LogP contribution in [0.5, 0.6) is 0 Å². The van der Waals surface area contributed by atoms with Crippen LogP contribution in [0.2, 0.25) is 0 Å². The number of sulfonamides is 1. The van der Waals surface area contributed by atoms with Gasteiger partial charge in [0.25, 0.3) is 0 Å². The van der Waals surface area contributed by atoms with Crippen LogP contribution in [-0.2, 0) is 27.8 Å². The summed E-state index contributed by atoms with van der Waals surface area (Å²) in [4.78, 5) is 30.3. The number of nitrogens with zero attached hydrogens (tertiary/aromatic N) is 3. The van der Waals surface area contributed by atoms with Gasteiger partial charge in [-0.05, 0) is 73.2 Å². The molecule has 10 heteroatoms. The van der Waals surface area contributed by atoms with E-state index in [1.165, 1.54) is 34.1 Å². The van der Waals surface area contributed by atoms with Gasteiger partial charge in [0.05, 0.1) is 11.4 Å². The quantitative estimate of drug-likeness (QED) is 0.317. The lowest BCUT2D eigenvalue weighted by Gasteiger charge is -2.39. The second-order valence-corrected chi connectivity index (χ2v) is 12.4. The Balaban J connectivity index is 1.48. The van der Waals surface area contributed by atoms with Crippen LogP contribution in [-0.4, -0.2) is 66.7 Å². The van der Waals surface area contributed by atoms with E-state index in [9.17, 15) is 22.4 Å². The van der Waals surface area contributed by atoms with E-state index in [1.807, 2.05) is 31.2 Å². The lowest BCUT2D eigenvalue weighted by Crippen LogP contribution is -2.51. The number of rotatable bonds is 11. The monoisotopic (exact) mass is 594 g/mol. The first-order valence-corrected chi connectivity index (χ1v) is 15.9. The summed E-state index contributed by atoms with van der Waals surface area (Å²) in [6.45, 7) is 4.80. The zero-order valence-electron chi connectivity index (χ0n) is 24.2. The maximum absolute atomic E-state index is 14.0. The maximum Gasteiger partial charge on any atom is 0.321 e. The van der Waals surface area contributed by atoms with E-state index in [0.717, 1.165) is 12.1 Å². The molecule has 3 amide bonds. The molecule has 4 rings (SSSR count). The Morgan fingerprint density at radius 2 is 1.62 bits per heavy atom.